The van der Waals surface area contributed by atoms with Crippen LogP contribution in [0.5, 0.6) is 0 Å². The largest absolute Gasteiger partial charge is 0.430 e. The van der Waals surface area contributed by atoms with E-state index in [4.69, 9.17) is 0 Å². The second-order valence-electron chi connectivity index (χ2n) is 8.56. The van der Waals surface area contributed by atoms with Gasteiger partial charge >= 0.3 is 12.4 Å². The molecule has 0 radical (unpaired) electrons. The smallest absolute Gasteiger partial charge is 0.354 e. The van der Waals surface area contributed by atoms with Crippen molar-refractivity contribution in [3.8, 4) is 0 Å². The van der Waals surface area contributed by atoms with Crippen molar-refractivity contribution in [2.75, 3.05) is 6.61 Å². The van der Waals surface area contributed by atoms with Crippen molar-refractivity contribution in [3.05, 3.63) is 70.8 Å². The minimum atomic E-state index is -5.78. The van der Waals surface area contributed by atoms with E-state index < -0.39 is 52.4 Å². The van der Waals surface area contributed by atoms with Gasteiger partial charge in [0, 0.05) is 24.3 Å². The summed E-state index contributed by atoms with van der Waals surface area (Å²) in [7, 11) is 0. The second-order valence-corrected chi connectivity index (χ2v) is 9.62. The van der Waals surface area contributed by atoms with Crippen LogP contribution in [0.4, 0.5) is 26.3 Å². The third-order valence-electron chi connectivity index (χ3n) is 5.90. The van der Waals surface area contributed by atoms with Crippen molar-refractivity contribution in [2.24, 2.45) is 5.92 Å². The summed E-state index contributed by atoms with van der Waals surface area (Å²) in [5.41, 5.74) is -4.46. The predicted octanol–water partition coefficient (Wildman–Crippen LogP) is 6.04. The maximum absolute atomic E-state index is 13.7. The molecule has 0 aromatic heterocycles. The Hall–Kier alpha value is -2.44. The number of ether oxygens (including phenoxy) is 1. The van der Waals surface area contributed by atoms with Crippen molar-refractivity contribution < 1.29 is 44.6 Å². The highest BCUT2D eigenvalue weighted by molar-refractivity contribution is 7.79. The molecular formula is C24H25F6NO4S. The molecule has 2 N–H and O–H groups in total. The zero-order valence-corrected chi connectivity index (χ0v) is 20.0. The van der Waals surface area contributed by atoms with Crippen LogP contribution >= 0.6 is 0 Å². The number of nitrogens with one attached hydrogen (secondary N) is 1. The minimum absolute atomic E-state index is 0.0336. The highest BCUT2D eigenvalue weighted by Crippen LogP contribution is 2.53. The number of benzene rings is 2. The first kappa shape index (κ1) is 28.1. The van der Waals surface area contributed by atoms with Crippen LogP contribution in [0.15, 0.2) is 48.5 Å². The van der Waals surface area contributed by atoms with Gasteiger partial charge < -0.3 is 14.6 Å². The van der Waals surface area contributed by atoms with Crippen LogP contribution in [0.2, 0.25) is 0 Å². The quantitative estimate of drug-likeness (QED) is 0.287. The van der Waals surface area contributed by atoms with Gasteiger partial charge in [0.2, 0.25) is 0 Å². The van der Waals surface area contributed by atoms with E-state index in [9.17, 15) is 39.9 Å². The number of rotatable bonds is 10. The highest BCUT2D eigenvalue weighted by atomic mass is 32.2. The summed E-state index contributed by atoms with van der Waals surface area (Å²) in [6.07, 6.45) is -9.86. The molecule has 1 fully saturated rings. The van der Waals surface area contributed by atoms with Crippen LogP contribution in [-0.4, -0.2) is 33.6 Å². The fourth-order valence-corrected chi connectivity index (χ4v) is 4.90. The molecule has 3 rings (SSSR count). The lowest BCUT2D eigenvalue weighted by atomic mass is 9.91. The Labute approximate surface area is 206 Å². The molecule has 2 aromatic rings. The molecule has 5 nitrogen and oxygen atoms in total. The summed E-state index contributed by atoms with van der Waals surface area (Å²) in [6.45, 7) is 0.652. The zero-order valence-electron chi connectivity index (χ0n) is 19.2. The SMILES string of the molecule is CCCOC(c1ccc(C(=O)NCc2ccc(C(C3CC3)S(=O)O)cc2)cc1)(C(F)(F)F)C(F)(F)F. The van der Waals surface area contributed by atoms with Gasteiger partial charge in [0.15, 0.2) is 11.1 Å². The van der Waals surface area contributed by atoms with Gasteiger partial charge in [0.05, 0.1) is 5.25 Å². The second kappa shape index (κ2) is 10.9. The van der Waals surface area contributed by atoms with Crippen molar-refractivity contribution in [1.82, 2.24) is 5.32 Å². The maximum Gasteiger partial charge on any atom is 0.430 e. The fourth-order valence-electron chi connectivity index (χ4n) is 3.91. The van der Waals surface area contributed by atoms with Crippen molar-refractivity contribution in [1.29, 1.82) is 0 Å². The number of amides is 1. The third-order valence-corrected chi connectivity index (χ3v) is 6.99. The summed E-state index contributed by atoms with van der Waals surface area (Å²) < 4.78 is 107. The Morgan fingerprint density at radius 3 is 2.03 bits per heavy atom. The minimum Gasteiger partial charge on any atom is -0.354 e. The van der Waals surface area contributed by atoms with E-state index in [-0.39, 0.29) is 24.4 Å². The number of hydrogen-bond acceptors (Lipinski definition) is 3. The van der Waals surface area contributed by atoms with Gasteiger partial charge in [-0.1, -0.05) is 43.3 Å². The molecule has 1 amide bonds. The summed E-state index contributed by atoms with van der Waals surface area (Å²) in [4.78, 5) is 12.4. The van der Waals surface area contributed by atoms with Gasteiger partial charge in [-0.15, -0.1) is 0 Å². The van der Waals surface area contributed by atoms with E-state index in [1.807, 2.05) is 0 Å². The first-order chi connectivity index (χ1) is 16.8. The Balaban J connectivity index is 1.72. The molecule has 0 saturated heterocycles. The molecule has 36 heavy (non-hydrogen) atoms. The number of halogens is 6. The average Bonchev–Trinajstić information content (AvgIpc) is 3.62. The van der Waals surface area contributed by atoms with Crippen LogP contribution in [0.25, 0.3) is 0 Å². The summed E-state index contributed by atoms with van der Waals surface area (Å²) >= 11 is -2.01. The number of hydrogen-bond donors (Lipinski definition) is 2. The molecule has 2 aromatic carbocycles. The lowest BCUT2D eigenvalue weighted by Crippen LogP contribution is -2.56. The Kier molecular flexibility index (Phi) is 8.51. The molecule has 12 heteroatoms. The van der Waals surface area contributed by atoms with E-state index in [2.05, 4.69) is 10.1 Å². The molecule has 2 atom stereocenters. The average molecular weight is 538 g/mol. The monoisotopic (exact) mass is 537 g/mol. The van der Waals surface area contributed by atoms with E-state index in [0.29, 0.717) is 23.3 Å². The molecule has 0 spiro atoms. The molecule has 2 unspecified atom stereocenters. The Morgan fingerprint density at radius 1 is 1.03 bits per heavy atom. The topological polar surface area (TPSA) is 75.6 Å². The molecule has 1 aliphatic rings. The molecule has 0 bridgehead atoms. The number of carbonyl (C=O) groups is 1. The summed E-state index contributed by atoms with van der Waals surface area (Å²) in [5, 5.41) is 2.07. The molecule has 198 valence electrons. The van der Waals surface area contributed by atoms with Gasteiger partial charge in [-0.05, 0) is 48.4 Å². The molecule has 0 heterocycles. The van der Waals surface area contributed by atoms with E-state index >= 15 is 0 Å². The van der Waals surface area contributed by atoms with Crippen molar-refractivity contribution in [3.63, 3.8) is 0 Å². The Morgan fingerprint density at radius 2 is 1.58 bits per heavy atom. The van der Waals surface area contributed by atoms with Gasteiger partial charge in [-0.3, -0.25) is 4.79 Å². The zero-order chi connectivity index (χ0) is 26.7. The molecular weight excluding hydrogens is 512 g/mol. The molecule has 1 aliphatic carbocycles. The lowest BCUT2D eigenvalue weighted by molar-refractivity contribution is -0.389. The van der Waals surface area contributed by atoms with Gasteiger partial charge in [0.25, 0.3) is 11.5 Å². The summed E-state index contributed by atoms with van der Waals surface area (Å²) in [5.74, 6) is -0.540. The number of alkyl halides is 6. The third kappa shape index (κ3) is 5.92. The van der Waals surface area contributed by atoms with Crippen LogP contribution < -0.4 is 5.32 Å². The maximum atomic E-state index is 13.7. The Bertz CT molecular complexity index is 1050. The normalized spacial score (nSPS) is 16.4. The predicted molar refractivity (Wildman–Crippen MR) is 120 cm³/mol. The summed E-state index contributed by atoms with van der Waals surface area (Å²) in [6, 6.07) is 9.67. The highest BCUT2D eigenvalue weighted by Gasteiger charge is 2.73. The van der Waals surface area contributed by atoms with Crippen molar-refractivity contribution >= 4 is 17.0 Å². The first-order valence-corrected chi connectivity index (χ1v) is 12.3. The lowest BCUT2D eigenvalue weighted by Gasteiger charge is -2.37. The van der Waals surface area contributed by atoms with E-state index in [0.717, 1.165) is 25.0 Å². The molecule has 0 aliphatic heterocycles. The number of carbonyl (C=O) groups excluding carboxylic acids is 1. The van der Waals surface area contributed by atoms with Gasteiger partial charge in [-0.2, -0.15) is 26.3 Å². The van der Waals surface area contributed by atoms with E-state index in [1.165, 1.54) is 6.92 Å². The van der Waals surface area contributed by atoms with Crippen LogP contribution in [0, 0.1) is 5.92 Å². The van der Waals surface area contributed by atoms with Gasteiger partial charge in [-0.25, -0.2) is 4.21 Å². The molecule has 1 saturated carbocycles. The van der Waals surface area contributed by atoms with Crippen LogP contribution in [0.3, 0.4) is 0 Å². The standard InChI is InChI=1S/C24H25F6NO4S/c1-2-13-35-22(23(25,26)27,24(28,29)30)19-11-9-18(10-12-19)21(32)31-14-15-3-5-16(6-4-15)20(36(33)34)17-7-8-17/h3-6,9-12,17,20H,2,7-8,13-14H2,1H3,(H,31,32)(H,33,34). The first-order valence-electron chi connectivity index (χ1n) is 11.2. The fraction of sp³-hybridized carbons (Fsp3) is 0.458. The van der Waals surface area contributed by atoms with E-state index in [1.54, 1.807) is 24.3 Å². The van der Waals surface area contributed by atoms with Crippen LogP contribution in [0.1, 0.15) is 58.5 Å². The van der Waals surface area contributed by atoms with Crippen molar-refractivity contribution in [2.45, 2.75) is 55.9 Å². The van der Waals surface area contributed by atoms with Crippen LogP contribution in [-0.2, 0) is 28.0 Å². The van der Waals surface area contributed by atoms with Gasteiger partial charge in [0.1, 0.15) is 0 Å².